The predicted molar refractivity (Wildman–Crippen MR) is 83.2 cm³/mol. The molecule has 0 aromatic carbocycles. The zero-order valence-electron chi connectivity index (χ0n) is 13.9. The standard InChI is InChI=1S/C15H34N2O3/c1-6-16-15(3,13-18)8-7-9-17(10-11-19-4)14(2)12-20-5/h14,16,18H,6-13H2,1-5H3. The molecular formula is C15H34N2O3. The summed E-state index contributed by atoms with van der Waals surface area (Å²) in [4.78, 5) is 2.39. The molecule has 20 heavy (non-hydrogen) atoms. The Morgan fingerprint density at radius 1 is 1.25 bits per heavy atom. The number of aliphatic hydroxyl groups excluding tert-OH is 1. The highest BCUT2D eigenvalue weighted by Crippen LogP contribution is 2.13. The van der Waals surface area contributed by atoms with Crippen LogP contribution in [0.5, 0.6) is 0 Å². The average molecular weight is 290 g/mol. The molecule has 0 aliphatic rings. The van der Waals surface area contributed by atoms with Crippen LogP contribution in [0.2, 0.25) is 0 Å². The Kier molecular flexibility index (Phi) is 11.3. The van der Waals surface area contributed by atoms with Crippen LogP contribution in [0, 0.1) is 0 Å². The molecule has 0 aromatic heterocycles. The first-order valence-corrected chi connectivity index (χ1v) is 7.60. The number of methoxy groups -OCH3 is 2. The quantitative estimate of drug-likeness (QED) is 0.532. The van der Waals surface area contributed by atoms with Gasteiger partial charge in [0.25, 0.3) is 0 Å². The van der Waals surface area contributed by atoms with Crippen molar-refractivity contribution in [2.75, 3.05) is 53.7 Å². The van der Waals surface area contributed by atoms with Crippen LogP contribution in [0.3, 0.4) is 0 Å². The Hall–Kier alpha value is -0.200. The lowest BCUT2D eigenvalue weighted by atomic mass is 9.96. The molecule has 5 heteroatoms. The highest BCUT2D eigenvalue weighted by atomic mass is 16.5. The zero-order chi connectivity index (χ0) is 15.4. The van der Waals surface area contributed by atoms with Gasteiger partial charge < -0.3 is 19.9 Å². The van der Waals surface area contributed by atoms with Gasteiger partial charge in [0.2, 0.25) is 0 Å². The molecule has 0 heterocycles. The number of rotatable bonds is 13. The van der Waals surface area contributed by atoms with E-state index in [1.807, 2.05) is 0 Å². The highest BCUT2D eigenvalue weighted by molar-refractivity contribution is 4.82. The van der Waals surface area contributed by atoms with E-state index in [1.54, 1.807) is 14.2 Å². The molecule has 0 amide bonds. The van der Waals surface area contributed by atoms with Gasteiger partial charge in [-0.3, -0.25) is 4.90 Å². The normalized spacial score (nSPS) is 16.4. The predicted octanol–water partition coefficient (Wildman–Crippen LogP) is 1.11. The smallest absolute Gasteiger partial charge is 0.0615 e. The number of aliphatic hydroxyl groups is 1. The van der Waals surface area contributed by atoms with Crippen molar-refractivity contribution in [3.63, 3.8) is 0 Å². The van der Waals surface area contributed by atoms with Crippen molar-refractivity contribution >= 4 is 0 Å². The molecule has 0 aliphatic carbocycles. The fourth-order valence-electron chi connectivity index (χ4n) is 2.43. The van der Waals surface area contributed by atoms with Gasteiger partial charge in [0.1, 0.15) is 0 Å². The number of nitrogens with zero attached hydrogens (tertiary/aromatic N) is 1. The van der Waals surface area contributed by atoms with Gasteiger partial charge in [0, 0.05) is 32.3 Å². The van der Waals surface area contributed by atoms with Gasteiger partial charge in [-0.1, -0.05) is 6.92 Å². The summed E-state index contributed by atoms with van der Waals surface area (Å²) in [7, 11) is 3.46. The van der Waals surface area contributed by atoms with Crippen molar-refractivity contribution < 1.29 is 14.6 Å². The second kappa shape index (κ2) is 11.5. The fraction of sp³-hybridized carbons (Fsp3) is 1.00. The molecule has 0 radical (unpaired) electrons. The van der Waals surface area contributed by atoms with E-state index in [-0.39, 0.29) is 12.1 Å². The molecule has 0 aromatic rings. The Balaban J connectivity index is 4.23. The molecular weight excluding hydrogens is 256 g/mol. The molecule has 2 N–H and O–H groups in total. The SMILES string of the molecule is CCNC(C)(CO)CCCN(CCOC)C(C)COC. The van der Waals surface area contributed by atoms with Gasteiger partial charge in [-0.05, 0) is 39.8 Å². The van der Waals surface area contributed by atoms with E-state index in [0.29, 0.717) is 6.04 Å². The van der Waals surface area contributed by atoms with Gasteiger partial charge in [-0.15, -0.1) is 0 Å². The Bertz CT molecular complexity index is 229. The van der Waals surface area contributed by atoms with Gasteiger partial charge in [0.15, 0.2) is 0 Å². The van der Waals surface area contributed by atoms with Crippen LogP contribution < -0.4 is 5.32 Å². The van der Waals surface area contributed by atoms with E-state index in [1.165, 1.54) is 0 Å². The monoisotopic (exact) mass is 290 g/mol. The number of hydrogen-bond donors (Lipinski definition) is 2. The van der Waals surface area contributed by atoms with Crippen LogP contribution in [0.4, 0.5) is 0 Å². The van der Waals surface area contributed by atoms with Gasteiger partial charge >= 0.3 is 0 Å². The molecule has 122 valence electrons. The topological polar surface area (TPSA) is 54.0 Å². The maximum absolute atomic E-state index is 9.50. The Morgan fingerprint density at radius 2 is 1.95 bits per heavy atom. The van der Waals surface area contributed by atoms with Crippen molar-refractivity contribution in [3.05, 3.63) is 0 Å². The lowest BCUT2D eigenvalue weighted by Crippen LogP contribution is -2.46. The van der Waals surface area contributed by atoms with Crippen LogP contribution in [0.1, 0.15) is 33.6 Å². The summed E-state index contributed by atoms with van der Waals surface area (Å²) in [6.45, 7) is 10.7. The first kappa shape index (κ1) is 19.8. The van der Waals surface area contributed by atoms with Gasteiger partial charge in [-0.2, -0.15) is 0 Å². The first-order valence-electron chi connectivity index (χ1n) is 7.60. The third-order valence-electron chi connectivity index (χ3n) is 3.74. The molecule has 2 atom stereocenters. The third kappa shape index (κ3) is 8.17. The number of likely N-dealkylation sites (N-methyl/N-ethyl adjacent to an activating group) is 1. The molecule has 0 aliphatic heterocycles. The molecule has 0 rings (SSSR count). The summed E-state index contributed by atoms with van der Waals surface area (Å²) in [6.07, 6.45) is 2.00. The minimum absolute atomic E-state index is 0.173. The van der Waals surface area contributed by atoms with Crippen molar-refractivity contribution in [3.8, 4) is 0 Å². The van der Waals surface area contributed by atoms with E-state index in [4.69, 9.17) is 9.47 Å². The molecule has 0 saturated heterocycles. The molecule has 0 spiro atoms. The van der Waals surface area contributed by atoms with Crippen LogP contribution in [0.25, 0.3) is 0 Å². The van der Waals surface area contributed by atoms with Crippen LogP contribution in [-0.2, 0) is 9.47 Å². The number of nitrogens with one attached hydrogen (secondary N) is 1. The average Bonchev–Trinajstić information content (AvgIpc) is 2.43. The summed E-state index contributed by atoms with van der Waals surface area (Å²) in [5.74, 6) is 0. The zero-order valence-corrected chi connectivity index (χ0v) is 13.9. The largest absolute Gasteiger partial charge is 0.394 e. The minimum Gasteiger partial charge on any atom is -0.394 e. The van der Waals surface area contributed by atoms with E-state index < -0.39 is 0 Å². The summed E-state index contributed by atoms with van der Waals surface area (Å²) in [5.41, 5.74) is -0.174. The summed E-state index contributed by atoms with van der Waals surface area (Å²) in [6, 6.07) is 0.384. The Labute approximate surface area is 124 Å². The highest BCUT2D eigenvalue weighted by Gasteiger charge is 2.22. The molecule has 2 unspecified atom stereocenters. The first-order chi connectivity index (χ1) is 9.52. The number of ether oxygens (including phenoxy) is 2. The minimum atomic E-state index is -0.174. The van der Waals surface area contributed by atoms with Crippen LogP contribution >= 0.6 is 0 Å². The second-order valence-corrected chi connectivity index (χ2v) is 5.69. The summed E-state index contributed by atoms with van der Waals surface area (Å²) >= 11 is 0. The van der Waals surface area contributed by atoms with Crippen molar-refractivity contribution in [2.24, 2.45) is 0 Å². The van der Waals surface area contributed by atoms with Crippen LogP contribution in [-0.4, -0.2) is 75.3 Å². The third-order valence-corrected chi connectivity index (χ3v) is 3.74. The molecule has 0 bridgehead atoms. The van der Waals surface area contributed by atoms with Crippen LogP contribution in [0.15, 0.2) is 0 Å². The lowest BCUT2D eigenvalue weighted by Gasteiger charge is -2.32. The summed E-state index contributed by atoms with van der Waals surface area (Å²) < 4.78 is 10.4. The van der Waals surface area contributed by atoms with E-state index in [0.717, 1.165) is 45.7 Å². The van der Waals surface area contributed by atoms with Crippen molar-refractivity contribution in [1.29, 1.82) is 0 Å². The maximum atomic E-state index is 9.50. The molecule has 0 saturated carbocycles. The van der Waals surface area contributed by atoms with Gasteiger partial charge in [0.05, 0.1) is 19.8 Å². The number of hydrogen-bond acceptors (Lipinski definition) is 5. The van der Waals surface area contributed by atoms with Gasteiger partial charge in [-0.25, -0.2) is 0 Å². The molecule has 0 fully saturated rings. The van der Waals surface area contributed by atoms with E-state index >= 15 is 0 Å². The van der Waals surface area contributed by atoms with E-state index in [2.05, 4.69) is 31.0 Å². The van der Waals surface area contributed by atoms with Crippen molar-refractivity contribution in [2.45, 2.75) is 45.2 Å². The Morgan fingerprint density at radius 3 is 2.45 bits per heavy atom. The molecule has 5 nitrogen and oxygen atoms in total. The second-order valence-electron chi connectivity index (χ2n) is 5.69. The maximum Gasteiger partial charge on any atom is 0.0615 e. The lowest BCUT2D eigenvalue weighted by molar-refractivity contribution is 0.0707. The fourth-order valence-corrected chi connectivity index (χ4v) is 2.43. The van der Waals surface area contributed by atoms with Crippen molar-refractivity contribution in [1.82, 2.24) is 10.2 Å². The van der Waals surface area contributed by atoms with E-state index in [9.17, 15) is 5.11 Å². The summed E-state index contributed by atoms with van der Waals surface area (Å²) in [5, 5.41) is 12.9.